The van der Waals surface area contributed by atoms with Crippen LogP contribution in [0.25, 0.3) is 5.69 Å². The van der Waals surface area contributed by atoms with Crippen molar-refractivity contribution < 1.29 is 9.53 Å². The lowest BCUT2D eigenvalue weighted by molar-refractivity contribution is -0.139. The second kappa shape index (κ2) is 8.00. The summed E-state index contributed by atoms with van der Waals surface area (Å²) < 4.78 is 6.74. The number of carbonyl (C=O) groups is 1. The summed E-state index contributed by atoms with van der Waals surface area (Å²) in [6.07, 6.45) is 0. The molecule has 0 spiro atoms. The number of halogens is 1. The smallest absolute Gasteiger partial charge is 0.318 e. The number of methoxy groups -OCH3 is 1. The maximum atomic E-state index is 11.7. The Labute approximate surface area is 151 Å². The highest BCUT2D eigenvalue weighted by Crippen LogP contribution is 2.29. The molecule has 2 rings (SSSR count). The van der Waals surface area contributed by atoms with Crippen molar-refractivity contribution in [2.75, 3.05) is 21.2 Å². The molecule has 0 saturated carbocycles. The van der Waals surface area contributed by atoms with Gasteiger partial charge in [0.25, 0.3) is 0 Å². The number of hydrogen-bond donors (Lipinski definition) is 0. The molecule has 0 unspecified atom stereocenters. The second-order valence-electron chi connectivity index (χ2n) is 5.58. The summed E-state index contributed by atoms with van der Waals surface area (Å²) in [5.74, 6) is 0.495. The number of aromatic nitrogens is 3. The van der Waals surface area contributed by atoms with Crippen molar-refractivity contribution >= 4 is 29.3 Å². The van der Waals surface area contributed by atoms with Crippen LogP contribution in [0.4, 0.5) is 0 Å². The second-order valence-corrected chi connectivity index (χ2v) is 7.32. The zero-order chi connectivity index (χ0) is 17.9. The van der Waals surface area contributed by atoms with Gasteiger partial charge in [-0.15, -0.1) is 10.2 Å². The maximum absolute atomic E-state index is 11.7. The molecule has 24 heavy (non-hydrogen) atoms. The summed E-state index contributed by atoms with van der Waals surface area (Å²) in [4.78, 5) is 13.8. The van der Waals surface area contributed by atoms with Crippen LogP contribution < -0.4 is 0 Å². The summed E-state index contributed by atoms with van der Waals surface area (Å²) in [5, 5.41) is 9.54. The van der Waals surface area contributed by atoms with E-state index < -0.39 is 0 Å². The van der Waals surface area contributed by atoms with Crippen LogP contribution in [0.1, 0.15) is 25.7 Å². The molecule has 130 valence electrons. The number of carbonyl (C=O) groups excluding carboxylic acids is 1. The van der Waals surface area contributed by atoms with Crippen LogP contribution in [-0.2, 0) is 9.53 Å². The van der Waals surface area contributed by atoms with Crippen LogP contribution in [-0.4, -0.2) is 52.1 Å². The number of benzene rings is 1. The average Bonchev–Trinajstić information content (AvgIpc) is 2.97. The maximum Gasteiger partial charge on any atom is 0.318 e. The van der Waals surface area contributed by atoms with Crippen LogP contribution in [0.5, 0.6) is 0 Å². The highest BCUT2D eigenvalue weighted by Gasteiger charge is 2.24. The zero-order valence-electron chi connectivity index (χ0n) is 14.4. The Morgan fingerprint density at radius 3 is 2.42 bits per heavy atom. The van der Waals surface area contributed by atoms with Gasteiger partial charge in [-0.3, -0.25) is 14.3 Å². The summed E-state index contributed by atoms with van der Waals surface area (Å²) in [6.45, 7) is 3.83. The molecule has 0 radical (unpaired) electrons. The number of ether oxygens (including phenoxy) is 1. The molecule has 8 heteroatoms. The van der Waals surface area contributed by atoms with E-state index in [2.05, 4.69) is 22.0 Å². The van der Waals surface area contributed by atoms with Gasteiger partial charge in [-0.25, -0.2) is 0 Å². The van der Waals surface area contributed by atoms with Crippen LogP contribution in [0.2, 0.25) is 5.02 Å². The van der Waals surface area contributed by atoms with Crippen molar-refractivity contribution in [1.29, 1.82) is 0 Å². The van der Waals surface area contributed by atoms with Gasteiger partial charge in [0.2, 0.25) is 0 Å². The highest BCUT2D eigenvalue weighted by molar-refractivity contribution is 8.00. The van der Waals surface area contributed by atoms with E-state index in [-0.39, 0.29) is 17.3 Å². The van der Waals surface area contributed by atoms with Gasteiger partial charge in [-0.1, -0.05) is 23.4 Å². The predicted octanol–water partition coefficient (Wildman–Crippen LogP) is 3.20. The fraction of sp³-hybridized carbons (Fsp3) is 0.438. The molecule has 1 heterocycles. The molecule has 0 aliphatic rings. The van der Waals surface area contributed by atoms with Gasteiger partial charge in [-0.05, 0) is 52.2 Å². The Morgan fingerprint density at radius 2 is 1.88 bits per heavy atom. The third-order valence-electron chi connectivity index (χ3n) is 3.71. The van der Waals surface area contributed by atoms with Gasteiger partial charge >= 0.3 is 5.97 Å². The highest BCUT2D eigenvalue weighted by atomic mass is 35.5. The molecule has 0 aliphatic heterocycles. The van der Waals surface area contributed by atoms with Gasteiger partial charge in [-0.2, -0.15) is 0 Å². The molecule has 0 amide bonds. The van der Waals surface area contributed by atoms with Crippen LogP contribution in [0.15, 0.2) is 29.4 Å². The topological polar surface area (TPSA) is 60.2 Å². The van der Waals surface area contributed by atoms with Gasteiger partial charge in [0, 0.05) is 10.7 Å². The van der Waals surface area contributed by atoms with E-state index in [1.54, 1.807) is 6.92 Å². The number of thioether (sulfide) groups is 1. The minimum absolute atomic E-state index is 0.0518. The predicted molar refractivity (Wildman–Crippen MR) is 95.8 cm³/mol. The molecule has 0 bridgehead atoms. The average molecular weight is 369 g/mol. The fourth-order valence-corrected chi connectivity index (χ4v) is 3.09. The van der Waals surface area contributed by atoms with E-state index in [9.17, 15) is 4.79 Å². The van der Waals surface area contributed by atoms with E-state index in [1.807, 2.05) is 42.9 Å². The minimum Gasteiger partial charge on any atom is -0.468 e. The largest absolute Gasteiger partial charge is 0.468 e. The molecule has 2 aromatic rings. The van der Waals surface area contributed by atoms with Gasteiger partial charge < -0.3 is 4.74 Å². The Balaban J connectivity index is 2.47. The van der Waals surface area contributed by atoms with Crippen LogP contribution >= 0.6 is 23.4 Å². The van der Waals surface area contributed by atoms with E-state index >= 15 is 0 Å². The summed E-state index contributed by atoms with van der Waals surface area (Å²) >= 11 is 7.31. The molecule has 2 atom stereocenters. The quantitative estimate of drug-likeness (QED) is 0.576. The normalized spacial score (nSPS) is 13.8. The molecule has 0 N–H and O–H groups in total. The third-order valence-corrected chi connectivity index (χ3v) is 4.98. The lowest BCUT2D eigenvalue weighted by Crippen LogP contribution is -2.21. The van der Waals surface area contributed by atoms with Crippen LogP contribution in [0, 0.1) is 0 Å². The third kappa shape index (κ3) is 4.09. The first-order valence-corrected chi connectivity index (χ1v) is 8.73. The summed E-state index contributed by atoms with van der Waals surface area (Å²) in [7, 11) is 5.34. The Morgan fingerprint density at radius 1 is 1.25 bits per heavy atom. The standard InChI is InChI=1S/C16H21ClN4O2S/c1-10(20(3)4)14-18-19-16(24-11(2)15(22)23-5)21(14)13-8-6-12(17)7-9-13/h6-11H,1-5H3/t10-,11-/m0/s1. The van der Waals surface area contributed by atoms with Crippen molar-refractivity contribution in [1.82, 2.24) is 19.7 Å². The lowest BCUT2D eigenvalue weighted by Gasteiger charge is -2.20. The number of rotatable bonds is 6. The zero-order valence-corrected chi connectivity index (χ0v) is 15.9. The number of hydrogen-bond acceptors (Lipinski definition) is 6. The first kappa shape index (κ1) is 18.8. The summed E-state index contributed by atoms with van der Waals surface area (Å²) in [5.41, 5.74) is 0.896. The first-order chi connectivity index (χ1) is 11.3. The van der Waals surface area contributed by atoms with Crippen molar-refractivity contribution in [3.63, 3.8) is 0 Å². The van der Waals surface area contributed by atoms with Gasteiger partial charge in [0.05, 0.1) is 13.2 Å². The van der Waals surface area contributed by atoms with Crippen molar-refractivity contribution in [2.24, 2.45) is 0 Å². The first-order valence-electron chi connectivity index (χ1n) is 7.47. The van der Waals surface area contributed by atoms with Gasteiger partial charge in [0.1, 0.15) is 5.25 Å². The molecule has 1 aromatic carbocycles. The lowest BCUT2D eigenvalue weighted by atomic mass is 10.2. The molecule has 0 fully saturated rings. The van der Waals surface area contributed by atoms with Crippen molar-refractivity contribution in [2.45, 2.75) is 30.3 Å². The van der Waals surface area contributed by atoms with E-state index in [4.69, 9.17) is 16.3 Å². The molecular formula is C16H21ClN4O2S. The number of nitrogens with zero attached hydrogens (tertiary/aromatic N) is 4. The molecule has 1 aromatic heterocycles. The van der Waals surface area contributed by atoms with Crippen molar-refractivity contribution in [3.05, 3.63) is 35.1 Å². The summed E-state index contributed by atoms with van der Waals surface area (Å²) in [6, 6.07) is 7.50. The monoisotopic (exact) mass is 368 g/mol. The molecule has 6 nitrogen and oxygen atoms in total. The van der Waals surface area contributed by atoms with E-state index in [1.165, 1.54) is 18.9 Å². The number of esters is 1. The molecular weight excluding hydrogens is 348 g/mol. The minimum atomic E-state index is -0.382. The Bertz CT molecular complexity index is 703. The van der Waals surface area contributed by atoms with E-state index in [0.717, 1.165) is 11.5 Å². The molecule has 0 saturated heterocycles. The van der Waals surface area contributed by atoms with E-state index in [0.29, 0.717) is 10.2 Å². The Hall–Kier alpha value is -1.57. The SMILES string of the molecule is COC(=O)[C@H](C)Sc1nnc([C@H](C)N(C)C)n1-c1ccc(Cl)cc1. The van der Waals surface area contributed by atoms with Gasteiger partial charge in [0.15, 0.2) is 11.0 Å². The Kier molecular flexibility index (Phi) is 6.26. The van der Waals surface area contributed by atoms with Crippen LogP contribution in [0.3, 0.4) is 0 Å². The fourth-order valence-electron chi connectivity index (χ4n) is 2.06. The molecule has 0 aliphatic carbocycles. The van der Waals surface area contributed by atoms with Crippen molar-refractivity contribution in [3.8, 4) is 5.69 Å².